The highest BCUT2D eigenvalue weighted by molar-refractivity contribution is 7.14. The number of hydrogen-bond donors (Lipinski definition) is 2. The number of benzene rings is 1. The third kappa shape index (κ3) is 3.30. The zero-order chi connectivity index (χ0) is 13.7. The molecule has 2 aromatic rings. The first-order chi connectivity index (χ1) is 9.24. The molecule has 100 valence electrons. The van der Waals surface area contributed by atoms with Gasteiger partial charge in [-0.1, -0.05) is 12.1 Å². The molecule has 0 fully saturated rings. The van der Waals surface area contributed by atoms with Gasteiger partial charge >= 0.3 is 0 Å². The number of ether oxygens (including phenoxy) is 1. The van der Waals surface area contributed by atoms with Crippen LogP contribution in [-0.4, -0.2) is 31.6 Å². The lowest BCUT2D eigenvalue weighted by Gasteiger charge is -2.05. The van der Waals surface area contributed by atoms with E-state index in [0.29, 0.717) is 5.13 Å². The molecule has 2 rings (SSSR count). The molecular weight excluding hydrogens is 262 g/mol. The van der Waals surface area contributed by atoms with Crippen molar-refractivity contribution < 1.29 is 9.53 Å². The molecule has 1 aromatic carbocycles. The highest BCUT2D eigenvalue weighted by Crippen LogP contribution is 2.31. The average Bonchev–Trinajstić information content (AvgIpc) is 2.87. The van der Waals surface area contributed by atoms with Crippen LogP contribution in [0.15, 0.2) is 29.6 Å². The lowest BCUT2D eigenvalue weighted by Crippen LogP contribution is -2.24. The minimum atomic E-state index is -0.108. The molecule has 0 unspecified atom stereocenters. The molecule has 1 aromatic heterocycles. The van der Waals surface area contributed by atoms with Gasteiger partial charge in [0.05, 0.1) is 19.3 Å². The number of likely N-dealkylation sites (N-methyl/N-ethyl adjacent to an activating group) is 1. The number of para-hydroxylation sites is 1. The molecule has 0 spiro atoms. The Bertz CT molecular complexity index is 569. The van der Waals surface area contributed by atoms with E-state index in [9.17, 15) is 4.79 Å². The van der Waals surface area contributed by atoms with Gasteiger partial charge in [0, 0.05) is 10.9 Å². The number of nitrogens with zero attached hydrogens (tertiary/aromatic N) is 1. The zero-order valence-corrected chi connectivity index (χ0v) is 11.6. The van der Waals surface area contributed by atoms with E-state index < -0.39 is 0 Å². The molecule has 0 saturated carbocycles. The maximum atomic E-state index is 11.4. The highest BCUT2D eigenvalue weighted by Gasteiger charge is 2.10. The molecule has 6 heteroatoms. The van der Waals surface area contributed by atoms with Crippen molar-refractivity contribution in [1.82, 2.24) is 10.3 Å². The van der Waals surface area contributed by atoms with Gasteiger partial charge in [-0.3, -0.25) is 4.79 Å². The van der Waals surface area contributed by atoms with E-state index in [1.165, 1.54) is 11.3 Å². The molecule has 0 aliphatic rings. The maximum absolute atomic E-state index is 11.4. The number of anilines is 1. The van der Waals surface area contributed by atoms with Crippen molar-refractivity contribution in [3.05, 3.63) is 29.6 Å². The van der Waals surface area contributed by atoms with Crippen LogP contribution in [0, 0.1) is 0 Å². The number of nitrogens with one attached hydrogen (secondary N) is 2. The molecule has 0 bridgehead atoms. The summed E-state index contributed by atoms with van der Waals surface area (Å²) in [6, 6.07) is 7.65. The van der Waals surface area contributed by atoms with Crippen LogP contribution in [0.4, 0.5) is 5.13 Å². The predicted octanol–water partition coefficient (Wildman–Crippen LogP) is 1.98. The number of carbonyl (C=O) groups is 1. The van der Waals surface area contributed by atoms with Gasteiger partial charge in [0.15, 0.2) is 5.13 Å². The summed E-state index contributed by atoms with van der Waals surface area (Å²) < 4.78 is 5.30. The number of rotatable bonds is 5. The summed E-state index contributed by atoms with van der Waals surface area (Å²) in [5, 5.41) is 8.00. The molecule has 0 radical (unpaired) electrons. The van der Waals surface area contributed by atoms with Gasteiger partial charge in [-0.15, -0.1) is 11.3 Å². The number of hydrogen-bond acceptors (Lipinski definition) is 5. The van der Waals surface area contributed by atoms with Gasteiger partial charge < -0.3 is 15.4 Å². The van der Waals surface area contributed by atoms with Gasteiger partial charge in [-0.2, -0.15) is 0 Å². The van der Waals surface area contributed by atoms with Crippen LogP contribution in [0.1, 0.15) is 0 Å². The first-order valence-electron chi connectivity index (χ1n) is 5.78. The second-order valence-electron chi connectivity index (χ2n) is 3.82. The Morgan fingerprint density at radius 3 is 2.95 bits per heavy atom. The first kappa shape index (κ1) is 13.5. The molecule has 1 amide bonds. The molecule has 0 saturated heterocycles. The van der Waals surface area contributed by atoms with Crippen LogP contribution in [0.3, 0.4) is 0 Å². The second kappa shape index (κ2) is 6.31. The quantitative estimate of drug-likeness (QED) is 0.877. The van der Waals surface area contributed by atoms with E-state index in [-0.39, 0.29) is 12.5 Å². The van der Waals surface area contributed by atoms with Gasteiger partial charge in [0.25, 0.3) is 0 Å². The van der Waals surface area contributed by atoms with E-state index in [4.69, 9.17) is 4.74 Å². The SMILES string of the molecule is CNCC(=O)Nc1nc(-c2ccccc2OC)cs1. The summed E-state index contributed by atoms with van der Waals surface area (Å²) in [6.45, 7) is 0.267. The molecule has 0 aliphatic carbocycles. The fraction of sp³-hybridized carbons (Fsp3) is 0.231. The number of aromatic nitrogens is 1. The Kier molecular flexibility index (Phi) is 4.48. The monoisotopic (exact) mass is 277 g/mol. The number of amides is 1. The Morgan fingerprint density at radius 1 is 1.42 bits per heavy atom. The minimum Gasteiger partial charge on any atom is -0.496 e. The maximum Gasteiger partial charge on any atom is 0.240 e. The lowest BCUT2D eigenvalue weighted by molar-refractivity contribution is -0.115. The Morgan fingerprint density at radius 2 is 2.21 bits per heavy atom. The third-order valence-corrected chi connectivity index (χ3v) is 3.23. The molecule has 19 heavy (non-hydrogen) atoms. The van der Waals surface area contributed by atoms with Crippen LogP contribution in [0.25, 0.3) is 11.3 Å². The second-order valence-corrected chi connectivity index (χ2v) is 4.67. The Hall–Kier alpha value is -1.92. The zero-order valence-electron chi connectivity index (χ0n) is 10.8. The highest BCUT2D eigenvalue weighted by atomic mass is 32.1. The lowest BCUT2D eigenvalue weighted by atomic mass is 10.1. The molecular formula is C13H15N3O2S. The smallest absolute Gasteiger partial charge is 0.240 e. The van der Waals surface area contributed by atoms with E-state index in [0.717, 1.165) is 17.0 Å². The number of thiazole rings is 1. The van der Waals surface area contributed by atoms with Crippen molar-refractivity contribution >= 4 is 22.4 Å². The van der Waals surface area contributed by atoms with Gasteiger partial charge in [0.2, 0.25) is 5.91 Å². The van der Waals surface area contributed by atoms with Crippen LogP contribution in [0.2, 0.25) is 0 Å². The molecule has 0 aliphatic heterocycles. The van der Waals surface area contributed by atoms with Crippen LogP contribution >= 0.6 is 11.3 Å². The molecule has 1 heterocycles. The third-order valence-electron chi connectivity index (χ3n) is 2.47. The summed E-state index contributed by atoms with van der Waals surface area (Å²) in [5.41, 5.74) is 1.71. The van der Waals surface area contributed by atoms with Crippen molar-refractivity contribution in [3.63, 3.8) is 0 Å². The van der Waals surface area contributed by atoms with Crippen LogP contribution in [0.5, 0.6) is 5.75 Å². The van der Waals surface area contributed by atoms with E-state index in [1.807, 2.05) is 29.6 Å². The van der Waals surface area contributed by atoms with Gasteiger partial charge in [-0.25, -0.2) is 4.98 Å². The van der Waals surface area contributed by atoms with Crippen molar-refractivity contribution in [2.45, 2.75) is 0 Å². The standard InChI is InChI=1S/C13H15N3O2S/c1-14-7-12(17)16-13-15-10(8-19-13)9-5-3-4-6-11(9)18-2/h3-6,8,14H,7H2,1-2H3,(H,15,16,17). The number of carbonyl (C=O) groups excluding carboxylic acids is 1. The summed E-state index contributed by atoms with van der Waals surface area (Å²) in [5.74, 6) is 0.657. The molecule has 0 atom stereocenters. The average molecular weight is 277 g/mol. The first-order valence-corrected chi connectivity index (χ1v) is 6.66. The van der Waals surface area contributed by atoms with Crippen LogP contribution in [-0.2, 0) is 4.79 Å². The Balaban J connectivity index is 2.19. The fourth-order valence-electron chi connectivity index (χ4n) is 1.64. The van der Waals surface area contributed by atoms with Crippen LogP contribution < -0.4 is 15.4 Å². The fourth-order valence-corrected chi connectivity index (χ4v) is 2.36. The van der Waals surface area contributed by atoms with E-state index in [2.05, 4.69) is 15.6 Å². The summed E-state index contributed by atoms with van der Waals surface area (Å²) >= 11 is 1.39. The van der Waals surface area contributed by atoms with E-state index in [1.54, 1.807) is 14.2 Å². The summed E-state index contributed by atoms with van der Waals surface area (Å²) in [7, 11) is 3.35. The van der Waals surface area contributed by atoms with Gasteiger partial charge in [-0.05, 0) is 19.2 Å². The van der Waals surface area contributed by atoms with Crippen molar-refractivity contribution in [1.29, 1.82) is 0 Å². The molecule has 5 nitrogen and oxygen atoms in total. The minimum absolute atomic E-state index is 0.108. The van der Waals surface area contributed by atoms with Crippen molar-refractivity contribution in [2.75, 3.05) is 26.0 Å². The summed E-state index contributed by atoms with van der Waals surface area (Å²) in [6.07, 6.45) is 0. The topological polar surface area (TPSA) is 63.2 Å². The molecule has 2 N–H and O–H groups in total. The van der Waals surface area contributed by atoms with Crippen molar-refractivity contribution in [2.24, 2.45) is 0 Å². The number of methoxy groups -OCH3 is 1. The van der Waals surface area contributed by atoms with Crippen molar-refractivity contribution in [3.8, 4) is 17.0 Å². The normalized spacial score (nSPS) is 10.2. The van der Waals surface area contributed by atoms with E-state index >= 15 is 0 Å². The largest absolute Gasteiger partial charge is 0.496 e. The Labute approximate surface area is 115 Å². The summed E-state index contributed by atoms with van der Waals surface area (Å²) in [4.78, 5) is 15.8. The predicted molar refractivity (Wildman–Crippen MR) is 76.7 cm³/mol. The van der Waals surface area contributed by atoms with Gasteiger partial charge in [0.1, 0.15) is 5.75 Å².